The second kappa shape index (κ2) is 8.39. The fourth-order valence-electron chi connectivity index (χ4n) is 2.80. The Bertz CT molecular complexity index is 730. The van der Waals surface area contributed by atoms with Gasteiger partial charge in [-0.05, 0) is 43.9 Å². The Morgan fingerprint density at radius 3 is 2.62 bits per heavy atom. The molecule has 140 valence electrons. The van der Waals surface area contributed by atoms with Crippen molar-refractivity contribution in [1.29, 1.82) is 5.26 Å². The highest BCUT2D eigenvalue weighted by Crippen LogP contribution is 2.39. The third-order valence-corrected chi connectivity index (χ3v) is 4.62. The van der Waals surface area contributed by atoms with E-state index in [2.05, 4.69) is 16.7 Å². The molecule has 1 aliphatic rings. The van der Waals surface area contributed by atoms with E-state index < -0.39 is 5.54 Å². The maximum absolute atomic E-state index is 12.2. The van der Waals surface area contributed by atoms with Crippen LogP contribution < -0.4 is 20.3 Å². The lowest BCUT2D eigenvalue weighted by Gasteiger charge is -2.23. The van der Waals surface area contributed by atoms with Gasteiger partial charge in [0.05, 0.1) is 25.9 Å². The van der Waals surface area contributed by atoms with Gasteiger partial charge in [-0.15, -0.1) is 0 Å². The number of nitriles is 1. The van der Waals surface area contributed by atoms with Gasteiger partial charge < -0.3 is 20.3 Å². The van der Waals surface area contributed by atoms with Gasteiger partial charge in [0, 0.05) is 5.02 Å². The number of anilines is 1. The van der Waals surface area contributed by atoms with Crippen molar-refractivity contribution < 1.29 is 19.2 Å². The molecule has 0 aliphatic heterocycles. The Morgan fingerprint density at radius 2 is 2.04 bits per heavy atom. The van der Waals surface area contributed by atoms with Crippen LogP contribution in [0.3, 0.4) is 0 Å². The molecule has 26 heavy (non-hydrogen) atoms. The number of carbonyl (C=O) groups is 2. The monoisotopic (exact) mass is 379 g/mol. The van der Waals surface area contributed by atoms with Crippen LogP contribution in [0.25, 0.3) is 0 Å². The summed E-state index contributed by atoms with van der Waals surface area (Å²) in [7, 11) is 3.25. The average molecular weight is 380 g/mol. The summed E-state index contributed by atoms with van der Waals surface area (Å²) in [4.78, 5) is 25.1. The molecule has 1 aliphatic carbocycles. The second-order valence-electron chi connectivity index (χ2n) is 6.84. The first-order chi connectivity index (χ1) is 12.3. The van der Waals surface area contributed by atoms with Gasteiger partial charge in [0.1, 0.15) is 11.3 Å². The van der Waals surface area contributed by atoms with E-state index >= 15 is 0 Å². The SMILES string of the molecule is COc1ccc(Cl)cc1NC(=O)C[NH+](C)CC(=O)N[C@](C)(C#N)C1CC1. The summed E-state index contributed by atoms with van der Waals surface area (Å²) in [6, 6.07) is 7.13. The van der Waals surface area contributed by atoms with Crippen molar-refractivity contribution >= 4 is 29.1 Å². The molecular weight excluding hydrogens is 356 g/mol. The molecule has 1 saturated carbocycles. The quantitative estimate of drug-likeness (QED) is 0.616. The number of rotatable bonds is 8. The molecule has 2 atom stereocenters. The Balaban J connectivity index is 1.86. The van der Waals surface area contributed by atoms with Crippen molar-refractivity contribution in [3.8, 4) is 11.8 Å². The van der Waals surface area contributed by atoms with Crippen LogP contribution in [-0.4, -0.2) is 44.6 Å². The molecule has 0 aromatic heterocycles. The minimum atomic E-state index is -0.826. The Labute approximate surface area is 158 Å². The molecular formula is C18H24ClN4O3+. The molecule has 7 nitrogen and oxygen atoms in total. The fraction of sp³-hybridized carbons (Fsp3) is 0.500. The number of likely N-dealkylation sites (N-methyl/N-ethyl adjacent to an activating group) is 1. The summed E-state index contributed by atoms with van der Waals surface area (Å²) in [5.41, 5.74) is -0.346. The number of benzene rings is 1. The van der Waals surface area contributed by atoms with Crippen molar-refractivity contribution in [3.05, 3.63) is 23.2 Å². The molecule has 3 N–H and O–H groups in total. The van der Waals surface area contributed by atoms with E-state index in [1.54, 1.807) is 32.2 Å². The van der Waals surface area contributed by atoms with Crippen LogP contribution in [0, 0.1) is 17.2 Å². The summed E-state index contributed by atoms with van der Waals surface area (Å²) < 4.78 is 5.19. The van der Waals surface area contributed by atoms with Crippen molar-refractivity contribution in [2.24, 2.45) is 5.92 Å². The zero-order valence-corrected chi connectivity index (χ0v) is 15.9. The van der Waals surface area contributed by atoms with Gasteiger partial charge in [-0.1, -0.05) is 11.6 Å². The minimum Gasteiger partial charge on any atom is -0.495 e. The summed E-state index contributed by atoms with van der Waals surface area (Å²) >= 11 is 5.95. The molecule has 1 fully saturated rings. The van der Waals surface area contributed by atoms with Crippen molar-refractivity contribution in [3.63, 3.8) is 0 Å². The van der Waals surface area contributed by atoms with Crippen molar-refractivity contribution in [2.45, 2.75) is 25.3 Å². The number of ether oxygens (including phenoxy) is 1. The molecule has 0 radical (unpaired) electrons. The molecule has 0 spiro atoms. The lowest BCUT2D eigenvalue weighted by molar-refractivity contribution is -0.862. The van der Waals surface area contributed by atoms with E-state index in [1.807, 2.05) is 0 Å². The number of carbonyl (C=O) groups excluding carboxylic acids is 2. The van der Waals surface area contributed by atoms with Gasteiger partial charge in [0.15, 0.2) is 13.1 Å². The third kappa shape index (κ3) is 5.35. The molecule has 1 unspecified atom stereocenters. The van der Waals surface area contributed by atoms with Crippen LogP contribution in [0.15, 0.2) is 18.2 Å². The highest BCUT2D eigenvalue weighted by molar-refractivity contribution is 6.31. The topological polar surface area (TPSA) is 95.7 Å². The third-order valence-electron chi connectivity index (χ3n) is 4.39. The molecule has 8 heteroatoms. The molecule has 1 aromatic rings. The normalized spacial score (nSPS) is 16.7. The number of nitrogens with one attached hydrogen (secondary N) is 3. The number of hydrogen-bond donors (Lipinski definition) is 3. The van der Waals surface area contributed by atoms with Gasteiger partial charge in [0.2, 0.25) is 0 Å². The summed E-state index contributed by atoms with van der Waals surface area (Å²) in [5.74, 6) is 0.218. The Kier molecular flexibility index (Phi) is 6.46. The van der Waals surface area contributed by atoms with E-state index in [4.69, 9.17) is 16.3 Å². The zero-order valence-electron chi connectivity index (χ0n) is 15.2. The van der Waals surface area contributed by atoms with Crippen LogP contribution in [0.2, 0.25) is 5.02 Å². The van der Waals surface area contributed by atoms with Gasteiger partial charge >= 0.3 is 0 Å². The lowest BCUT2D eigenvalue weighted by atomic mass is 9.98. The summed E-state index contributed by atoms with van der Waals surface area (Å²) in [6.07, 6.45) is 1.91. The van der Waals surface area contributed by atoms with E-state index in [0.717, 1.165) is 12.8 Å². The van der Waals surface area contributed by atoms with Crippen LogP contribution in [0.4, 0.5) is 5.69 Å². The molecule has 2 amide bonds. The largest absolute Gasteiger partial charge is 0.495 e. The summed E-state index contributed by atoms with van der Waals surface area (Å²) in [5, 5.41) is 15.3. The maximum atomic E-state index is 12.2. The fourth-order valence-corrected chi connectivity index (χ4v) is 2.97. The van der Waals surface area contributed by atoms with Gasteiger partial charge in [-0.3, -0.25) is 9.59 Å². The standard InChI is InChI=1S/C18H23ClN4O3/c1-18(11-20,12-4-5-12)22-17(25)10-23(2)9-16(24)21-14-8-13(19)6-7-15(14)26-3/h6-8,12H,4-5,9-10H2,1-3H3,(H,21,24)(H,22,25)/p+1/t18-/m1/s1. The number of methoxy groups -OCH3 is 1. The zero-order chi connectivity index (χ0) is 19.3. The molecule has 2 rings (SSSR count). The Morgan fingerprint density at radius 1 is 1.38 bits per heavy atom. The highest BCUT2D eigenvalue weighted by atomic mass is 35.5. The number of hydrogen-bond acceptors (Lipinski definition) is 4. The van der Waals surface area contributed by atoms with Crippen LogP contribution in [0.5, 0.6) is 5.75 Å². The molecule has 0 bridgehead atoms. The first kappa shape index (κ1) is 20.0. The highest BCUT2D eigenvalue weighted by Gasteiger charge is 2.43. The molecule has 0 saturated heterocycles. The predicted octanol–water partition coefficient (Wildman–Crippen LogP) is 0.610. The van der Waals surface area contributed by atoms with E-state index in [9.17, 15) is 14.9 Å². The van der Waals surface area contributed by atoms with Crippen LogP contribution in [-0.2, 0) is 9.59 Å². The number of nitrogens with zero attached hydrogens (tertiary/aromatic N) is 1. The van der Waals surface area contributed by atoms with E-state index in [-0.39, 0.29) is 30.8 Å². The smallest absolute Gasteiger partial charge is 0.279 e. The minimum absolute atomic E-state index is 0.0930. The van der Waals surface area contributed by atoms with E-state index in [0.29, 0.717) is 21.4 Å². The van der Waals surface area contributed by atoms with Crippen LogP contribution in [0.1, 0.15) is 19.8 Å². The van der Waals surface area contributed by atoms with E-state index in [1.165, 1.54) is 7.11 Å². The maximum Gasteiger partial charge on any atom is 0.279 e. The Hall–Kier alpha value is -2.30. The van der Waals surface area contributed by atoms with Gasteiger partial charge in [-0.2, -0.15) is 5.26 Å². The first-order valence-electron chi connectivity index (χ1n) is 8.44. The molecule has 1 aromatic carbocycles. The average Bonchev–Trinajstić information content (AvgIpc) is 3.39. The van der Waals surface area contributed by atoms with Crippen molar-refractivity contribution in [1.82, 2.24) is 5.32 Å². The molecule has 0 heterocycles. The van der Waals surface area contributed by atoms with Crippen LogP contribution >= 0.6 is 11.6 Å². The first-order valence-corrected chi connectivity index (χ1v) is 8.82. The summed E-state index contributed by atoms with van der Waals surface area (Å²) in [6.45, 7) is 1.94. The van der Waals surface area contributed by atoms with Gasteiger partial charge in [0.25, 0.3) is 11.8 Å². The second-order valence-corrected chi connectivity index (χ2v) is 7.28. The van der Waals surface area contributed by atoms with Crippen molar-refractivity contribution in [2.75, 3.05) is 32.6 Å². The predicted molar refractivity (Wildman–Crippen MR) is 98.1 cm³/mol. The lowest BCUT2D eigenvalue weighted by Crippen LogP contribution is -3.11. The number of halogens is 1. The van der Waals surface area contributed by atoms with Gasteiger partial charge in [-0.25, -0.2) is 0 Å². The number of quaternary nitrogens is 1. The number of amides is 2.